The number of aliphatic hydroxyl groups is 1. The topological polar surface area (TPSA) is 64.1 Å². The van der Waals surface area contributed by atoms with Crippen LogP contribution < -0.4 is 5.73 Å². The van der Waals surface area contributed by atoms with Gasteiger partial charge in [0.25, 0.3) is 0 Å². The monoisotopic (exact) mass is 195 g/mol. The van der Waals surface area contributed by atoms with E-state index in [-0.39, 0.29) is 6.54 Å². The number of nitrogens with zero attached hydrogens (tertiary/aromatic N) is 2. The van der Waals surface area contributed by atoms with Gasteiger partial charge < -0.3 is 15.4 Å². The van der Waals surface area contributed by atoms with Crippen LogP contribution in [-0.2, 0) is 12.6 Å². The summed E-state index contributed by atoms with van der Waals surface area (Å²) in [4.78, 5) is 4.19. The molecule has 0 radical (unpaired) electrons. The molecule has 0 amide bonds. The third-order valence-corrected chi connectivity index (χ3v) is 3.23. The maximum Gasteiger partial charge on any atom is 0.121 e. The standard InChI is InChI=1S/C10H17N3O/c1-7-12-5-9(13(7)2)10(14,6-11)8-3-4-8/h5,8,14H,3-4,6,11H2,1-2H3. The van der Waals surface area contributed by atoms with Crippen LogP contribution in [-0.4, -0.2) is 21.2 Å². The molecule has 1 aliphatic rings. The van der Waals surface area contributed by atoms with Gasteiger partial charge in [0.15, 0.2) is 0 Å². The molecule has 0 spiro atoms. The van der Waals surface area contributed by atoms with Crippen LogP contribution in [0.2, 0.25) is 0 Å². The first-order chi connectivity index (χ1) is 6.59. The van der Waals surface area contributed by atoms with Crippen LogP contribution in [0.1, 0.15) is 24.4 Å². The second kappa shape index (κ2) is 3.07. The molecule has 1 fully saturated rings. The zero-order valence-corrected chi connectivity index (χ0v) is 8.70. The summed E-state index contributed by atoms with van der Waals surface area (Å²) in [7, 11) is 1.92. The zero-order valence-electron chi connectivity index (χ0n) is 8.70. The van der Waals surface area contributed by atoms with Gasteiger partial charge in [-0.2, -0.15) is 0 Å². The smallest absolute Gasteiger partial charge is 0.121 e. The summed E-state index contributed by atoms with van der Waals surface area (Å²) in [6.07, 6.45) is 3.87. The molecule has 0 saturated heterocycles. The quantitative estimate of drug-likeness (QED) is 0.728. The molecule has 1 atom stereocenters. The minimum absolute atomic E-state index is 0.274. The van der Waals surface area contributed by atoms with E-state index in [9.17, 15) is 5.11 Å². The number of hydrogen-bond acceptors (Lipinski definition) is 3. The van der Waals surface area contributed by atoms with Crippen molar-refractivity contribution in [2.45, 2.75) is 25.4 Å². The molecule has 1 aromatic rings. The van der Waals surface area contributed by atoms with Crippen molar-refractivity contribution in [1.29, 1.82) is 0 Å². The summed E-state index contributed by atoms with van der Waals surface area (Å²) < 4.78 is 1.92. The predicted molar refractivity (Wildman–Crippen MR) is 53.6 cm³/mol. The molecule has 1 saturated carbocycles. The van der Waals surface area contributed by atoms with Gasteiger partial charge >= 0.3 is 0 Å². The summed E-state index contributed by atoms with van der Waals surface area (Å²) in [6.45, 7) is 2.20. The highest BCUT2D eigenvalue weighted by atomic mass is 16.3. The average Bonchev–Trinajstić information content (AvgIpc) is 2.96. The van der Waals surface area contributed by atoms with E-state index < -0.39 is 5.60 Å². The number of hydrogen-bond donors (Lipinski definition) is 2. The molecule has 1 aliphatic carbocycles. The maximum atomic E-state index is 10.4. The minimum atomic E-state index is -0.865. The normalized spacial score (nSPS) is 20.9. The lowest BCUT2D eigenvalue weighted by atomic mass is 9.94. The van der Waals surface area contributed by atoms with Crippen molar-refractivity contribution in [3.63, 3.8) is 0 Å². The maximum absolute atomic E-state index is 10.4. The van der Waals surface area contributed by atoms with Gasteiger partial charge in [0.05, 0.1) is 11.9 Å². The van der Waals surface area contributed by atoms with Crippen LogP contribution in [0.15, 0.2) is 6.20 Å². The van der Waals surface area contributed by atoms with E-state index in [1.807, 2.05) is 18.5 Å². The second-order valence-corrected chi connectivity index (χ2v) is 4.15. The van der Waals surface area contributed by atoms with Crippen LogP contribution >= 0.6 is 0 Å². The summed E-state index contributed by atoms with van der Waals surface area (Å²) >= 11 is 0. The lowest BCUT2D eigenvalue weighted by molar-refractivity contribution is 0.0151. The van der Waals surface area contributed by atoms with Crippen LogP contribution in [0.4, 0.5) is 0 Å². The van der Waals surface area contributed by atoms with E-state index in [0.717, 1.165) is 24.4 Å². The Labute approximate surface area is 83.8 Å². The van der Waals surface area contributed by atoms with Crippen molar-refractivity contribution in [2.24, 2.45) is 18.7 Å². The van der Waals surface area contributed by atoms with Crippen molar-refractivity contribution >= 4 is 0 Å². The molecule has 1 aromatic heterocycles. The Kier molecular flexibility index (Phi) is 2.12. The van der Waals surface area contributed by atoms with Crippen molar-refractivity contribution in [3.8, 4) is 0 Å². The number of aryl methyl sites for hydroxylation is 1. The molecule has 0 aromatic carbocycles. The predicted octanol–water partition coefficient (Wildman–Crippen LogP) is 0.285. The number of aromatic nitrogens is 2. The van der Waals surface area contributed by atoms with Gasteiger partial charge in [-0.3, -0.25) is 0 Å². The van der Waals surface area contributed by atoms with E-state index in [0.29, 0.717) is 5.92 Å². The van der Waals surface area contributed by atoms with Crippen LogP contribution in [0.25, 0.3) is 0 Å². The Hall–Kier alpha value is -0.870. The molecular weight excluding hydrogens is 178 g/mol. The zero-order chi connectivity index (χ0) is 10.3. The van der Waals surface area contributed by atoms with E-state index in [4.69, 9.17) is 5.73 Å². The molecule has 1 unspecified atom stereocenters. The third kappa shape index (κ3) is 1.26. The second-order valence-electron chi connectivity index (χ2n) is 4.15. The van der Waals surface area contributed by atoms with Crippen LogP contribution in [0, 0.1) is 12.8 Å². The molecule has 3 N–H and O–H groups in total. The first-order valence-corrected chi connectivity index (χ1v) is 5.01. The molecular formula is C10H17N3O. The summed E-state index contributed by atoms with van der Waals surface area (Å²) in [5.74, 6) is 1.23. The highest BCUT2D eigenvalue weighted by Crippen LogP contribution is 2.45. The van der Waals surface area contributed by atoms with Gasteiger partial charge in [-0.1, -0.05) is 0 Å². The molecule has 78 valence electrons. The molecule has 4 heteroatoms. The highest BCUT2D eigenvalue weighted by Gasteiger charge is 2.45. The van der Waals surface area contributed by atoms with Gasteiger partial charge in [-0.15, -0.1) is 0 Å². The van der Waals surface area contributed by atoms with Crippen LogP contribution in [0.3, 0.4) is 0 Å². The summed E-state index contributed by atoms with van der Waals surface area (Å²) in [5.41, 5.74) is 5.65. The Morgan fingerprint density at radius 2 is 2.36 bits per heavy atom. The fraction of sp³-hybridized carbons (Fsp3) is 0.700. The van der Waals surface area contributed by atoms with Gasteiger partial charge in [0.2, 0.25) is 0 Å². The van der Waals surface area contributed by atoms with E-state index in [2.05, 4.69) is 4.98 Å². The van der Waals surface area contributed by atoms with Crippen LogP contribution in [0.5, 0.6) is 0 Å². The lowest BCUT2D eigenvalue weighted by Crippen LogP contribution is -2.38. The first-order valence-electron chi connectivity index (χ1n) is 5.01. The average molecular weight is 195 g/mol. The van der Waals surface area contributed by atoms with E-state index in [1.165, 1.54) is 0 Å². The SMILES string of the molecule is Cc1ncc(C(O)(CN)C2CC2)n1C. The molecule has 14 heavy (non-hydrogen) atoms. The number of imidazole rings is 1. The Morgan fingerprint density at radius 1 is 1.71 bits per heavy atom. The molecule has 0 aliphatic heterocycles. The Balaban J connectivity index is 2.40. The third-order valence-electron chi connectivity index (χ3n) is 3.23. The van der Waals surface area contributed by atoms with Gasteiger partial charge in [-0.05, 0) is 25.7 Å². The highest BCUT2D eigenvalue weighted by molar-refractivity contribution is 5.18. The van der Waals surface area contributed by atoms with Crippen molar-refractivity contribution in [1.82, 2.24) is 9.55 Å². The summed E-state index contributed by atoms with van der Waals surface area (Å²) in [6, 6.07) is 0. The molecule has 2 rings (SSSR count). The Bertz CT molecular complexity index is 343. The molecule has 4 nitrogen and oxygen atoms in total. The summed E-state index contributed by atoms with van der Waals surface area (Å²) in [5, 5.41) is 10.4. The number of nitrogens with two attached hydrogens (primary N) is 1. The minimum Gasteiger partial charge on any atom is -0.382 e. The van der Waals surface area contributed by atoms with E-state index in [1.54, 1.807) is 6.20 Å². The molecule has 1 heterocycles. The van der Waals surface area contributed by atoms with Gasteiger partial charge in [0, 0.05) is 13.6 Å². The first kappa shape index (κ1) is 9.68. The van der Waals surface area contributed by atoms with Crippen molar-refractivity contribution in [3.05, 3.63) is 17.7 Å². The van der Waals surface area contributed by atoms with Crippen molar-refractivity contribution < 1.29 is 5.11 Å². The Morgan fingerprint density at radius 3 is 2.71 bits per heavy atom. The molecule has 0 bridgehead atoms. The fourth-order valence-electron chi connectivity index (χ4n) is 1.95. The largest absolute Gasteiger partial charge is 0.382 e. The van der Waals surface area contributed by atoms with Gasteiger partial charge in [-0.25, -0.2) is 4.98 Å². The fourth-order valence-corrected chi connectivity index (χ4v) is 1.95. The van der Waals surface area contributed by atoms with E-state index >= 15 is 0 Å². The number of rotatable bonds is 3. The lowest BCUT2D eigenvalue weighted by Gasteiger charge is -2.26. The van der Waals surface area contributed by atoms with Gasteiger partial charge in [0.1, 0.15) is 11.4 Å². The van der Waals surface area contributed by atoms with Crippen molar-refractivity contribution in [2.75, 3.05) is 6.54 Å².